The van der Waals surface area contributed by atoms with Gasteiger partial charge in [0.15, 0.2) is 0 Å². The van der Waals surface area contributed by atoms with Gasteiger partial charge >= 0.3 is 0 Å². The summed E-state index contributed by atoms with van der Waals surface area (Å²) in [7, 11) is 0. The number of hydrogen-bond donors (Lipinski definition) is 0. The van der Waals surface area contributed by atoms with Crippen LogP contribution >= 0.6 is 0 Å². The highest BCUT2D eigenvalue weighted by Crippen LogP contribution is 2.23. The summed E-state index contributed by atoms with van der Waals surface area (Å²) in [4.78, 5) is 18.2. The van der Waals surface area contributed by atoms with Gasteiger partial charge in [-0.15, -0.1) is 0 Å². The molecule has 0 unspecified atom stereocenters. The highest BCUT2D eigenvalue weighted by Gasteiger charge is 2.23. The Morgan fingerprint density at radius 1 is 1.50 bits per heavy atom. The zero-order valence-electron chi connectivity index (χ0n) is 10.9. The number of aromatic nitrogens is 1. The first-order chi connectivity index (χ1) is 8.81. The predicted molar refractivity (Wildman–Crippen MR) is 72.9 cm³/mol. The second kappa shape index (κ2) is 6.34. The summed E-state index contributed by atoms with van der Waals surface area (Å²) < 4.78 is 0. The van der Waals surface area contributed by atoms with Gasteiger partial charge in [0.25, 0.3) is 0 Å². The van der Waals surface area contributed by atoms with Crippen molar-refractivity contribution >= 4 is 12.0 Å². The summed E-state index contributed by atoms with van der Waals surface area (Å²) in [5, 5.41) is 0. The third kappa shape index (κ3) is 3.19. The van der Waals surface area contributed by atoms with Crippen LogP contribution in [0.15, 0.2) is 30.6 Å². The molecular weight excluding hydrogens is 224 g/mol. The molecule has 1 heterocycles. The van der Waals surface area contributed by atoms with Crippen molar-refractivity contribution < 1.29 is 4.79 Å². The summed E-state index contributed by atoms with van der Waals surface area (Å²) in [6, 6.07) is 4.27. The molecule has 96 valence electrons. The van der Waals surface area contributed by atoms with Crippen LogP contribution in [0.2, 0.25) is 0 Å². The Labute approximate surface area is 109 Å². The summed E-state index contributed by atoms with van der Waals surface area (Å²) in [6.07, 6.45) is 11.8. The van der Waals surface area contributed by atoms with Crippen LogP contribution in [0.5, 0.6) is 0 Å². The molecule has 0 N–H and O–H groups in total. The molecule has 0 atom stereocenters. The normalized spacial score (nSPS) is 16.3. The van der Waals surface area contributed by atoms with Gasteiger partial charge < -0.3 is 4.90 Å². The minimum Gasteiger partial charge on any atom is -0.336 e. The number of likely N-dealkylation sites (N-methyl/N-ethyl adjacent to an activating group) is 1. The van der Waals surface area contributed by atoms with Crippen molar-refractivity contribution in [3.63, 3.8) is 0 Å². The molecule has 0 aliphatic heterocycles. The van der Waals surface area contributed by atoms with Crippen molar-refractivity contribution in [1.82, 2.24) is 9.88 Å². The van der Waals surface area contributed by atoms with Crippen LogP contribution in [0.1, 0.15) is 38.2 Å². The van der Waals surface area contributed by atoms with Gasteiger partial charge in [-0.05, 0) is 37.5 Å². The SMILES string of the molecule is CCN(C(=O)/C=C/c1cccnc1)C1CCCC1. The topological polar surface area (TPSA) is 33.2 Å². The van der Waals surface area contributed by atoms with E-state index in [2.05, 4.69) is 4.98 Å². The van der Waals surface area contributed by atoms with E-state index in [1.165, 1.54) is 12.8 Å². The number of hydrogen-bond acceptors (Lipinski definition) is 2. The van der Waals surface area contributed by atoms with Crippen molar-refractivity contribution in [3.8, 4) is 0 Å². The largest absolute Gasteiger partial charge is 0.336 e. The molecule has 1 amide bonds. The Hall–Kier alpha value is -1.64. The Morgan fingerprint density at radius 2 is 2.28 bits per heavy atom. The van der Waals surface area contributed by atoms with E-state index in [0.29, 0.717) is 6.04 Å². The lowest BCUT2D eigenvalue weighted by atomic mass is 10.2. The molecule has 1 saturated carbocycles. The van der Waals surface area contributed by atoms with Gasteiger partial charge in [-0.1, -0.05) is 18.9 Å². The van der Waals surface area contributed by atoms with E-state index < -0.39 is 0 Å². The van der Waals surface area contributed by atoms with Gasteiger partial charge in [0.2, 0.25) is 5.91 Å². The van der Waals surface area contributed by atoms with Crippen LogP contribution in [0.4, 0.5) is 0 Å². The second-order valence-electron chi connectivity index (χ2n) is 4.68. The minimum absolute atomic E-state index is 0.119. The first-order valence-corrected chi connectivity index (χ1v) is 6.70. The Kier molecular flexibility index (Phi) is 4.51. The molecule has 18 heavy (non-hydrogen) atoms. The van der Waals surface area contributed by atoms with E-state index in [4.69, 9.17) is 0 Å². The molecular formula is C15H20N2O. The molecule has 0 aromatic carbocycles. The quantitative estimate of drug-likeness (QED) is 0.763. The number of nitrogens with zero attached hydrogens (tertiary/aromatic N) is 2. The number of carbonyl (C=O) groups excluding carboxylic acids is 1. The van der Waals surface area contributed by atoms with Crippen LogP contribution in [0.25, 0.3) is 6.08 Å². The van der Waals surface area contributed by atoms with Gasteiger partial charge in [-0.25, -0.2) is 0 Å². The molecule has 2 rings (SSSR count). The Bertz CT molecular complexity index is 408. The maximum absolute atomic E-state index is 12.2. The second-order valence-corrected chi connectivity index (χ2v) is 4.68. The Morgan fingerprint density at radius 3 is 2.89 bits per heavy atom. The van der Waals surface area contributed by atoms with Crippen molar-refractivity contribution in [2.24, 2.45) is 0 Å². The van der Waals surface area contributed by atoms with E-state index in [9.17, 15) is 4.79 Å². The first-order valence-electron chi connectivity index (χ1n) is 6.70. The third-order valence-corrected chi connectivity index (χ3v) is 3.49. The summed E-state index contributed by atoms with van der Waals surface area (Å²) in [5.41, 5.74) is 0.966. The Balaban J connectivity index is 1.99. The van der Waals surface area contributed by atoms with Crippen molar-refractivity contribution in [2.45, 2.75) is 38.6 Å². The molecule has 3 nitrogen and oxygen atoms in total. The fourth-order valence-electron chi connectivity index (χ4n) is 2.55. The molecule has 1 aromatic heterocycles. The molecule has 1 aromatic rings. The molecule has 3 heteroatoms. The lowest BCUT2D eigenvalue weighted by molar-refractivity contribution is -0.127. The van der Waals surface area contributed by atoms with E-state index in [0.717, 1.165) is 24.9 Å². The van der Waals surface area contributed by atoms with E-state index in [1.54, 1.807) is 18.5 Å². The zero-order chi connectivity index (χ0) is 12.8. The summed E-state index contributed by atoms with van der Waals surface area (Å²) in [5.74, 6) is 0.119. The average molecular weight is 244 g/mol. The lowest BCUT2D eigenvalue weighted by Crippen LogP contribution is -2.37. The maximum Gasteiger partial charge on any atom is 0.246 e. The fourth-order valence-corrected chi connectivity index (χ4v) is 2.55. The van der Waals surface area contributed by atoms with E-state index >= 15 is 0 Å². The monoisotopic (exact) mass is 244 g/mol. The van der Waals surface area contributed by atoms with Crippen molar-refractivity contribution in [3.05, 3.63) is 36.2 Å². The first kappa shape index (κ1) is 12.8. The van der Waals surface area contributed by atoms with Crippen LogP contribution < -0.4 is 0 Å². The number of rotatable bonds is 4. The molecule has 0 spiro atoms. The number of pyridine rings is 1. The van der Waals surface area contributed by atoms with Crippen LogP contribution in [0.3, 0.4) is 0 Å². The van der Waals surface area contributed by atoms with Gasteiger partial charge in [-0.2, -0.15) is 0 Å². The number of amides is 1. The maximum atomic E-state index is 12.2. The van der Waals surface area contributed by atoms with E-state index in [1.807, 2.05) is 30.0 Å². The number of carbonyl (C=O) groups is 1. The summed E-state index contributed by atoms with van der Waals surface area (Å²) >= 11 is 0. The van der Waals surface area contributed by atoms with Crippen LogP contribution in [0, 0.1) is 0 Å². The van der Waals surface area contributed by atoms with Crippen molar-refractivity contribution in [2.75, 3.05) is 6.54 Å². The third-order valence-electron chi connectivity index (χ3n) is 3.49. The zero-order valence-corrected chi connectivity index (χ0v) is 10.9. The fraction of sp³-hybridized carbons (Fsp3) is 0.467. The molecule has 0 saturated heterocycles. The average Bonchev–Trinajstić information content (AvgIpc) is 2.92. The molecule has 1 fully saturated rings. The lowest BCUT2D eigenvalue weighted by Gasteiger charge is -2.26. The highest BCUT2D eigenvalue weighted by molar-refractivity contribution is 5.91. The van der Waals surface area contributed by atoms with Gasteiger partial charge in [0.05, 0.1) is 0 Å². The molecule has 1 aliphatic rings. The van der Waals surface area contributed by atoms with Gasteiger partial charge in [0, 0.05) is 31.1 Å². The molecule has 0 radical (unpaired) electrons. The van der Waals surface area contributed by atoms with Crippen LogP contribution in [-0.4, -0.2) is 28.4 Å². The van der Waals surface area contributed by atoms with E-state index in [-0.39, 0.29) is 5.91 Å². The van der Waals surface area contributed by atoms with Crippen molar-refractivity contribution in [1.29, 1.82) is 0 Å². The minimum atomic E-state index is 0.119. The molecule has 1 aliphatic carbocycles. The van der Waals surface area contributed by atoms with Gasteiger partial charge in [0.1, 0.15) is 0 Å². The smallest absolute Gasteiger partial charge is 0.246 e. The summed E-state index contributed by atoms with van der Waals surface area (Å²) in [6.45, 7) is 2.84. The standard InChI is InChI=1S/C15H20N2O/c1-2-17(14-7-3-4-8-14)15(18)10-9-13-6-5-11-16-12-13/h5-6,9-12,14H,2-4,7-8H2,1H3/b10-9+. The predicted octanol–water partition coefficient (Wildman–Crippen LogP) is 2.89. The highest BCUT2D eigenvalue weighted by atomic mass is 16.2. The molecule has 0 bridgehead atoms. The van der Waals surface area contributed by atoms with Gasteiger partial charge in [-0.3, -0.25) is 9.78 Å². The van der Waals surface area contributed by atoms with Crippen LogP contribution in [-0.2, 0) is 4.79 Å².